The molecule has 98 valence electrons. The minimum atomic E-state index is 0.0330. The normalized spacial score (nSPS) is 14.3. The SMILES string of the molecule is O=C(c1sccc1Br)N1CCSc2ccc(Cl)cc21. The van der Waals surface area contributed by atoms with Gasteiger partial charge in [0.1, 0.15) is 4.88 Å². The molecule has 3 rings (SSSR count). The van der Waals surface area contributed by atoms with Gasteiger partial charge in [-0.3, -0.25) is 4.79 Å². The summed E-state index contributed by atoms with van der Waals surface area (Å²) < 4.78 is 0.851. The maximum absolute atomic E-state index is 12.6. The number of thioether (sulfide) groups is 1. The molecule has 1 amide bonds. The van der Waals surface area contributed by atoms with Crippen molar-refractivity contribution in [2.75, 3.05) is 17.2 Å². The van der Waals surface area contributed by atoms with E-state index in [1.165, 1.54) is 11.3 Å². The summed E-state index contributed by atoms with van der Waals surface area (Å²) in [6, 6.07) is 7.60. The van der Waals surface area contributed by atoms with Crippen LogP contribution in [0, 0.1) is 0 Å². The molecular formula is C13H9BrClNOS2. The lowest BCUT2D eigenvalue weighted by Crippen LogP contribution is -2.35. The van der Waals surface area contributed by atoms with Crippen LogP contribution in [-0.2, 0) is 0 Å². The third-order valence-electron chi connectivity index (χ3n) is 2.84. The van der Waals surface area contributed by atoms with E-state index < -0.39 is 0 Å². The Balaban J connectivity index is 2.02. The Morgan fingerprint density at radius 3 is 2.95 bits per heavy atom. The van der Waals surface area contributed by atoms with Crippen LogP contribution in [0.25, 0.3) is 0 Å². The molecule has 19 heavy (non-hydrogen) atoms. The Hall–Kier alpha value is -0.490. The highest BCUT2D eigenvalue weighted by molar-refractivity contribution is 9.10. The van der Waals surface area contributed by atoms with E-state index in [0.29, 0.717) is 11.6 Å². The van der Waals surface area contributed by atoms with E-state index >= 15 is 0 Å². The Morgan fingerprint density at radius 1 is 1.37 bits per heavy atom. The molecule has 1 aromatic carbocycles. The second-order valence-corrected chi connectivity index (χ2v) is 7.36. The highest BCUT2D eigenvalue weighted by Crippen LogP contribution is 2.38. The van der Waals surface area contributed by atoms with Gasteiger partial charge in [-0.15, -0.1) is 23.1 Å². The third-order valence-corrected chi connectivity index (χ3v) is 5.94. The molecule has 2 nitrogen and oxygen atoms in total. The van der Waals surface area contributed by atoms with Crippen LogP contribution in [0.4, 0.5) is 5.69 Å². The van der Waals surface area contributed by atoms with Crippen LogP contribution in [0.2, 0.25) is 5.02 Å². The zero-order valence-electron chi connectivity index (χ0n) is 9.73. The molecule has 1 aliphatic rings. The van der Waals surface area contributed by atoms with Gasteiger partial charge < -0.3 is 4.90 Å². The number of halogens is 2. The predicted octanol–water partition coefficient (Wildman–Crippen LogP) is 4.92. The lowest BCUT2D eigenvalue weighted by Gasteiger charge is -2.29. The number of thiophene rings is 1. The first-order chi connectivity index (χ1) is 9.16. The van der Waals surface area contributed by atoms with Gasteiger partial charge in [-0.25, -0.2) is 0 Å². The van der Waals surface area contributed by atoms with Gasteiger partial charge in [-0.1, -0.05) is 11.6 Å². The molecule has 1 aliphatic heterocycles. The highest BCUT2D eigenvalue weighted by Gasteiger charge is 2.26. The van der Waals surface area contributed by atoms with Crippen molar-refractivity contribution in [2.45, 2.75) is 4.90 Å². The van der Waals surface area contributed by atoms with Crippen LogP contribution in [-0.4, -0.2) is 18.2 Å². The molecule has 2 heterocycles. The summed E-state index contributed by atoms with van der Waals surface area (Å²) in [7, 11) is 0. The minimum Gasteiger partial charge on any atom is -0.306 e. The van der Waals surface area contributed by atoms with E-state index in [4.69, 9.17) is 11.6 Å². The van der Waals surface area contributed by atoms with Crippen molar-refractivity contribution >= 4 is 62.2 Å². The number of fused-ring (bicyclic) bond motifs is 1. The number of hydrogen-bond acceptors (Lipinski definition) is 3. The van der Waals surface area contributed by atoms with Gasteiger partial charge in [0.05, 0.1) is 5.69 Å². The van der Waals surface area contributed by atoms with E-state index in [1.807, 2.05) is 34.5 Å². The fourth-order valence-electron chi connectivity index (χ4n) is 1.97. The Bertz CT molecular complexity index is 643. The minimum absolute atomic E-state index is 0.0330. The number of nitrogens with zero attached hydrogens (tertiary/aromatic N) is 1. The molecule has 0 unspecified atom stereocenters. The average Bonchev–Trinajstić information content (AvgIpc) is 2.83. The molecular weight excluding hydrogens is 366 g/mol. The van der Waals surface area contributed by atoms with Crippen LogP contribution in [0.1, 0.15) is 9.67 Å². The molecule has 0 saturated carbocycles. The van der Waals surface area contributed by atoms with Crippen molar-refractivity contribution in [3.63, 3.8) is 0 Å². The van der Waals surface area contributed by atoms with Crippen LogP contribution in [0.15, 0.2) is 39.0 Å². The van der Waals surface area contributed by atoms with Crippen molar-refractivity contribution in [1.82, 2.24) is 0 Å². The number of amides is 1. The molecule has 0 saturated heterocycles. The predicted molar refractivity (Wildman–Crippen MR) is 85.9 cm³/mol. The third kappa shape index (κ3) is 2.57. The maximum atomic E-state index is 12.6. The van der Waals surface area contributed by atoms with Crippen molar-refractivity contribution in [1.29, 1.82) is 0 Å². The first-order valence-corrected chi connectivity index (χ1v) is 8.67. The molecule has 0 radical (unpaired) electrons. The van der Waals surface area contributed by atoms with Crippen LogP contribution < -0.4 is 4.90 Å². The van der Waals surface area contributed by atoms with Gasteiger partial charge in [-0.2, -0.15) is 0 Å². The Labute approximate surface area is 132 Å². The Kier molecular flexibility index (Phi) is 3.89. The molecule has 0 bridgehead atoms. The summed E-state index contributed by atoms with van der Waals surface area (Å²) in [6.07, 6.45) is 0. The first kappa shape index (κ1) is 13.5. The number of carbonyl (C=O) groups excluding carboxylic acids is 1. The molecule has 0 spiro atoms. The smallest absolute Gasteiger partial charge is 0.269 e. The van der Waals surface area contributed by atoms with Gasteiger partial charge in [-0.05, 0) is 45.6 Å². The van der Waals surface area contributed by atoms with Crippen LogP contribution in [0.5, 0.6) is 0 Å². The molecule has 0 fully saturated rings. The summed E-state index contributed by atoms with van der Waals surface area (Å²) in [5.41, 5.74) is 0.911. The van der Waals surface area contributed by atoms with Crippen molar-refractivity contribution in [3.8, 4) is 0 Å². The standard InChI is InChI=1S/C13H9BrClNOS2/c14-9-3-5-19-12(9)13(17)16-4-6-18-11-2-1-8(15)7-10(11)16/h1-3,5,7H,4,6H2. The lowest BCUT2D eigenvalue weighted by atomic mass is 10.2. The summed E-state index contributed by atoms with van der Waals surface area (Å²) in [4.78, 5) is 16.3. The van der Waals surface area contributed by atoms with Gasteiger partial charge >= 0.3 is 0 Å². The van der Waals surface area contributed by atoms with Gasteiger partial charge in [0.25, 0.3) is 5.91 Å². The zero-order chi connectivity index (χ0) is 13.4. The number of carbonyl (C=O) groups is 1. The number of rotatable bonds is 1. The first-order valence-electron chi connectivity index (χ1n) is 5.64. The van der Waals surface area contributed by atoms with Crippen molar-refractivity contribution in [2.24, 2.45) is 0 Å². The Morgan fingerprint density at radius 2 is 2.21 bits per heavy atom. The van der Waals surface area contributed by atoms with E-state index in [1.54, 1.807) is 11.8 Å². The average molecular weight is 375 g/mol. The molecule has 0 atom stereocenters. The number of benzene rings is 1. The molecule has 0 aliphatic carbocycles. The van der Waals surface area contributed by atoms with E-state index in [2.05, 4.69) is 15.9 Å². The van der Waals surface area contributed by atoms with Crippen LogP contribution >= 0.6 is 50.6 Å². The largest absolute Gasteiger partial charge is 0.306 e. The van der Waals surface area contributed by atoms with E-state index in [9.17, 15) is 4.79 Å². The zero-order valence-corrected chi connectivity index (χ0v) is 13.7. The quantitative estimate of drug-likeness (QED) is 0.706. The van der Waals surface area contributed by atoms with Crippen molar-refractivity contribution < 1.29 is 4.79 Å². The molecule has 2 aromatic rings. The molecule has 1 aromatic heterocycles. The summed E-state index contributed by atoms with van der Waals surface area (Å²) in [6.45, 7) is 0.710. The van der Waals surface area contributed by atoms with Crippen molar-refractivity contribution in [3.05, 3.63) is 44.0 Å². The van der Waals surface area contributed by atoms with Crippen LogP contribution in [0.3, 0.4) is 0 Å². The highest BCUT2D eigenvalue weighted by atomic mass is 79.9. The summed E-state index contributed by atoms with van der Waals surface area (Å²) in [5.74, 6) is 0.939. The second kappa shape index (κ2) is 5.48. The topological polar surface area (TPSA) is 20.3 Å². The van der Waals surface area contributed by atoms with E-state index in [-0.39, 0.29) is 5.91 Å². The fourth-order valence-corrected chi connectivity index (χ4v) is 4.60. The van der Waals surface area contributed by atoms with Gasteiger partial charge in [0, 0.05) is 26.7 Å². The molecule has 6 heteroatoms. The van der Waals surface area contributed by atoms with Gasteiger partial charge in [0.15, 0.2) is 0 Å². The number of anilines is 1. The summed E-state index contributed by atoms with van der Waals surface area (Å²) >= 11 is 12.7. The van der Waals surface area contributed by atoms with E-state index in [0.717, 1.165) is 25.7 Å². The monoisotopic (exact) mass is 373 g/mol. The second-order valence-electron chi connectivity index (χ2n) is 4.01. The number of hydrogen-bond donors (Lipinski definition) is 0. The van der Waals surface area contributed by atoms with Gasteiger partial charge in [0.2, 0.25) is 0 Å². The maximum Gasteiger partial charge on any atom is 0.269 e. The summed E-state index contributed by atoms with van der Waals surface area (Å²) in [5, 5.41) is 2.57. The fraction of sp³-hybridized carbons (Fsp3) is 0.154. The lowest BCUT2D eigenvalue weighted by molar-refractivity contribution is 0.0991. The molecule has 0 N–H and O–H groups in total.